The molecule has 0 spiro atoms. The van der Waals surface area contributed by atoms with Crippen molar-refractivity contribution in [1.82, 2.24) is 5.01 Å². The van der Waals surface area contributed by atoms with Crippen LogP contribution in [0, 0.1) is 6.92 Å². The van der Waals surface area contributed by atoms with Gasteiger partial charge in [-0.25, -0.2) is 9.80 Å². The molecule has 0 aliphatic rings. The summed E-state index contributed by atoms with van der Waals surface area (Å²) in [4.78, 5) is 23.4. The van der Waals surface area contributed by atoms with E-state index in [2.05, 4.69) is 5.10 Å². The van der Waals surface area contributed by atoms with Gasteiger partial charge in [0.1, 0.15) is 5.03 Å². The van der Waals surface area contributed by atoms with Gasteiger partial charge in [-0.1, -0.05) is 40.9 Å². The lowest BCUT2D eigenvalue weighted by Crippen LogP contribution is -2.42. The molecule has 1 aromatic carbocycles. The average molecular weight is 357 g/mol. The van der Waals surface area contributed by atoms with Gasteiger partial charge in [-0.05, 0) is 39.8 Å². The summed E-state index contributed by atoms with van der Waals surface area (Å²) in [6.07, 6.45) is 1.05. The minimum Gasteiger partial charge on any atom is -0.477 e. The van der Waals surface area contributed by atoms with Crippen molar-refractivity contribution < 1.29 is 14.7 Å². The second-order valence-corrected chi connectivity index (χ2v) is 6.65. The van der Waals surface area contributed by atoms with Gasteiger partial charge in [-0.2, -0.15) is 5.10 Å². The molecule has 0 bridgehead atoms. The van der Waals surface area contributed by atoms with Crippen molar-refractivity contribution in [3.8, 4) is 0 Å². The molecule has 0 fully saturated rings. The zero-order valence-electron chi connectivity index (χ0n) is 13.3. The molecule has 1 amide bonds. The first-order chi connectivity index (χ1) is 10.5. The van der Waals surface area contributed by atoms with Gasteiger partial charge < -0.3 is 5.11 Å². The average Bonchev–Trinajstić information content (AvgIpc) is 2.44. The Morgan fingerprint density at radius 1 is 1.26 bits per heavy atom. The molecule has 0 atom stereocenters. The first kappa shape index (κ1) is 19.2. The SMILES string of the molecule is Cc1cccc(C(=O)N(N=CC(Cl)=C(Cl)C(=O)O)C(C)(C)C)c1. The van der Waals surface area contributed by atoms with Gasteiger partial charge in [-0.15, -0.1) is 0 Å². The molecule has 5 nitrogen and oxygen atoms in total. The summed E-state index contributed by atoms with van der Waals surface area (Å²) in [5.41, 5.74) is 0.784. The number of amides is 1. The number of hydrazone groups is 1. The number of aryl methyl sites for hydroxylation is 1. The van der Waals surface area contributed by atoms with Crippen LogP contribution in [0.15, 0.2) is 39.4 Å². The first-order valence-electron chi connectivity index (χ1n) is 6.78. The van der Waals surface area contributed by atoms with Gasteiger partial charge in [0.2, 0.25) is 0 Å². The van der Waals surface area contributed by atoms with Gasteiger partial charge in [0.25, 0.3) is 5.91 Å². The van der Waals surface area contributed by atoms with E-state index in [1.165, 1.54) is 5.01 Å². The van der Waals surface area contributed by atoms with E-state index >= 15 is 0 Å². The van der Waals surface area contributed by atoms with E-state index in [0.717, 1.165) is 11.8 Å². The lowest BCUT2D eigenvalue weighted by atomic mass is 10.1. The number of benzene rings is 1. The fourth-order valence-corrected chi connectivity index (χ4v) is 1.87. The van der Waals surface area contributed by atoms with E-state index < -0.39 is 16.5 Å². The van der Waals surface area contributed by atoms with Crippen molar-refractivity contribution in [3.05, 3.63) is 45.5 Å². The van der Waals surface area contributed by atoms with Crippen LogP contribution in [0.25, 0.3) is 0 Å². The molecule has 1 aromatic rings. The fourth-order valence-electron chi connectivity index (χ4n) is 1.70. The Balaban J connectivity index is 3.19. The molecule has 1 N–H and O–H groups in total. The highest BCUT2D eigenvalue weighted by Gasteiger charge is 2.27. The van der Waals surface area contributed by atoms with Crippen LogP contribution < -0.4 is 0 Å². The molecule has 23 heavy (non-hydrogen) atoms. The topological polar surface area (TPSA) is 70.0 Å². The van der Waals surface area contributed by atoms with E-state index in [4.69, 9.17) is 28.3 Å². The van der Waals surface area contributed by atoms with Crippen molar-refractivity contribution in [2.24, 2.45) is 5.10 Å². The van der Waals surface area contributed by atoms with Crippen LogP contribution in [0.5, 0.6) is 0 Å². The Morgan fingerprint density at radius 3 is 2.35 bits per heavy atom. The zero-order chi connectivity index (χ0) is 17.8. The summed E-state index contributed by atoms with van der Waals surface area (Å²) in [6, 6.07) is 7.10. The van der Waals surface area contributed by atoms with Crippen molar-refractivity contribution in [2.75, 3.05) is 0 Å². The number of carbonyl (C=O) groups excluding carboxylic acids is 1. The number of carboxylic acids is 1. The number of aliphatic carboxylic acids is 1. The minimum absolute atomic E-state index is 0.259. The highest BCUT2D eigenvalue weighted by Crippen LogP contribution is 2.20. The monoisotopic (exact) mass is 356 g/mol. The van der Waals surface area contributed by atoms with Crippen molar-refractivity contribution >= 4 is 41.3 Å². The first-order valence-corrected chi connectivity index (χ1v) is 7.53. The minimum atomic E-state index is -1.37. The maximum absolute atomic E-state index is 12.7. The second-order valence-electron chi connectivity index (χ2n) is 5.87. The standard InChI is InChI=1S/C16H18Cl2N2O3/c1-10-6-5-7-11(8-10)14(21)20(16(2,3)4)19-9-12(17)13(18)15(22)23/h5-9H,1-4H3,(H,22,23). The second kappa shape index (κ2) is 7.62. The highest BCUT2D eigenvalue weighted by molar-refractivity contribution is 6.51. The largest absolute Gasteiger partial charge is 0.477 e. The third-order valence-electron chi connectivity index (χ3n) is 2.78. The smallest absolute Gasteiger partial charge is 0.348 e. The Hall–Kier alpha value is -1.85. The van der Waals surface area contributed by atoms with E-state index in [0.29, 0.717) is 5.56 Å². The fraction of sp³-hybridized carbons (Fsp3) is 0.312. The molecule has 0 aliphatic carbocycles. The number of rotatable bonds is 4. The Labute approximate surface area is 145 Å². The lowest BCUT2D eigenvalue weighted by molar-refractivity contribution is -0.131. The van der Waals surface area contributed by atoms with Gasteiger partial charge in [0.05, 0.1) is 16.8 Å². The van der Waals surface area contributed by atoms with Gasteiger partial charge in [-0.3, -0.25) is 4.79 Å². The quantitative estimate of drug-likeness (QED) is 0.503. The molecule has 124 valence electrons. The van der Waals surface area contributed by atoms with Crippen molar-refractivity contribution in [3.63, 3.8) is 0 Å². The molecular formula is C16H18Cl2N2O3. The van der Waals surface area contributed by atoms with Gasteiger partial charge >= 0.3 is 5.97 Å². The molecule has 0 aromatic heterocycles. The van der Waals surface area contributed by atoms with Crippen LogP contribution in [0.3, 0.4) is 0 Å². The number of carbonyl (C=O) groups is 2. The normalized spacial score (nSPS) is 13.0. The third kappa shape index (κ3) is 5.37. The van der Waals surface area contributed by atoms with E-state index in [1.807, 2.05) is 13.0 Å². The number of hydrogen-bond acceptors (Lipinski definition) is 3. The Kier molecular flexibility index (Phi) is 6.36. The lowest BCUT2D eigenvalue weighted by Gasteiger charge is -2.31. The molecule has 0 unspecified atom stereocenters. The van der Waals surface area contributed by atoms with Crippen LogP contribution in [0.4, 0.5) is 0 Å². The Morgan fingerprint density at radius 2 is 1.87 bits per heavy atom. The van der Waals surface area contributed by atoms with E-state index in [9.17, 15) is 9.59 Å². The summed E-state index contributed by atoms with van der Waals surface area (Å²) >= 11 is 11.3. The molecule has 0 radical (unpaired) electrons. The zero-order valence-corrected chi connectivity index (χ0v) is 14.8. The highest BCUT2D eigenvalue weighted by atomic mass is 35.5. The predicted octanol–water partition coefficient (Wildman–Crippen LogP) is 4.00. The van der Waals surface area contributed by atoms with Crippen molar-refractivity contribution in [1.29, 1.82) is 0 Å². The van der Waals surface area contributed by atoms with Gasteiger partial charge in [0.15, 0.2) is 0 Å². The summed E-state index contributed by atoms with van der Waals surface area (Å²) in [5, 5.41) is 13.2. The number of nitrogens with zero attached hydrogens (tertiary/aromatic N) is 2. The Bertz CT molecular complexity index is 676. The molecule has 1 rings (SSSR count). The number of carboxylic acid groups (broad SMARTS) is 1. The molecule has 0 heterocycles. The molecule has 0 saturated carbocycles. The maximum atomic E-state index is 12.7. The van der Waals surface area contributed by atoms with Crippen LogP contribution in [-0.2, 0) is 4.79 Å². The van der Waals surface area contributed by atoms with E-state index in [1.54, 1.807) is 39.0 Å². The molecule has 0 saturated heterocycles. The van der Waals surface area contributed by atoms with Crippen LogP contribution >= 0.6 is 23.2 Å². The van der Waals surface area contributed by atoms with Crippen LogP contribution in [-0.4, -0.2) is 33.7 Å². The summed E-state index contributed by atoms with van der Waals surface area (Å²) in [7, 11) is 0. The number of allylic oxidation sites excluding steroid dienone is 1. The number of halogens is 2. The molecule has 7 heteroatoms. The summed E-state index contributed by atoms with van der Waals surface area (Å²) in [6.45, 7) is 7.28. The predicted molar refractivity (Wildman–Crippen MR) is 92.0 cm³/mol. The maximum Gasteiger partial charge on any atom is 0.348 e. The van der Waals surface area contributed by atoms with E-state index in [-0.39, 0.29) is 10.9 Å². The van der Waals surface area contributed by atoms with Crippen LogP contribution in [0.2, 0.25) is 0 Å². The molecular weight excluding hydrogens is 339 g/mol. The number of hydrogen-bond donors (Lipinski definition) is 1. The summed E-state index contributed by atoms with van der Waals surface area (Å²) in [5.74, 6) is -1.69. The third-order valence-corrected chi connectivity index (χ3v) is 3.53. The van der Waals surface area contributed by atoms with Gasteiger partial charge in [0, 0.05) is 5.56 Å². The van der Waals surface area contributed by atoms with Crippen molar-refractivity contribution in [2.45, 2.75) is 33.2 Å². The molecule has 0 aliphatic heterocycles. The van der Waals surface area contributed by atoms with Crippen LogP contribution in [0.1, 0.15) is 36.7 Å². The summed E-state index contributed by atoms with van der Waals surface area (Å²) < 4.78 is 0.